The normalized spacial score (nSPS) is 12.2. The lowest BCUT2D eigenvalue weighted by Crippen LogP contribution is -2.13. The first-order valence-corrected chi connectivity index (χ1v) is 8.96. The molecule has 0 aliphatic carbocycles. The van der Waals surface area contributed by atoms with Gasteiger partial charge in [0, 0.05) is 28.5 Å². The van der Waals surface area contributed by atoms with Gasteiger partial charge >= 0.3 is 0 Å². The molecule has 0 saturated heterocycles. The second-order valence-corrected chi connectivity index (χ2v) is 8.09. The molecule has 19 heavy (non-hydrogen) atoms. The number of nitrogens with zero attached hydrogens (tertiary/aromatic N) is 3. The molecule has 2 rings (SSSR count). The molecule has 0 amide bonds. The van der Waals surface area contributed by atoms with Crippen molar-refractivity contribution in [2.45, 2.75) is 32.0 Å². The van der Waals surface area contributed by atoms with Crippen molar-refractivity contribution >= 4 is 31.1 Å². The van der Waals surface area contributed by atoms with Crippen LogP contribution in [0.5, 0.6) is 0 Å². The third-order valence-corrected chi connectivity index (χ3v) is 4.50. The Hall–Kier alpha value is -0.920. The van der Waals surface area contributed by atoms with Crippen molar-refractivity contribution in [3.63, 3.8) is 0 Å². The van der Waals surface area contributed by atoms with Gasteiger partial charge in [-0.2, -0.15) is 0 Å². The number of aromatic nitrogens is 3. The number of thiophene rings is 1. The van der Waals surface area contributed by atoms with Crippen molar-refractivity contribution in [3.8, 4) is 0 Å². The van der Waals surface area contributed by atoms with Gasteiger partial charge in [-0.25, -0.2) is 8.42 Å². The van der Waals surface area contributed by atoms with Crippen LogP contribution in [0.25, 0.3) is 0 Å². The van der Waals surface area contributed by atoms with Crippen LogP contribution >= 0.6 is 22.0 Å². The monoisotopic (exact) mass is 319 g/mol. The first-order chi connectivity index (χ1) is 8.88. The highest BCUT2D eigenvalue weighted by atomic mass is 35.7. The smallest absolute Gasteiger partial charge is 0.296 e. The lowest BCUT2D eigenvalue weighted by Gasteiger charge is -2.10. The van der Waals surface area contributed by atoms with Gasteiger partial charge in [-0.05, 0) is 17.4 Å². The van der Waals surface area contributed by atoms with Crippen LogP contribution in [0.1, 0.15) is 24.5 Å². The molecule has 0 saturated carbocycles. The zero-order valence-corrected chi connectivity index (χ0v) is 13.0. The lowest BCUT2D eigenvalue weighted by molar-refractivity contribution is 0.474. The van der Waals surface area contributed by atoms with E-state index in [0.29, 0.717) is 18.8 Å². The Labute approximate surface area is 120 Å². The fourth-order valence-corrected chi connectivity index (χ4v) is 3.37. The molecule has 0 bridgehead atoms. The Balaban J connectivity index is 2.41. The molecule has 2 heterocycles. The van der Waals surface area contributed by atoms with Crippen molar-refractivity contribution in [2.24, 2.45) is 5.92 Å². The molecule has 8 heteroatoms. The summed E-state index contributed by atoms with van der Waals surface area (Å²) >= 11 is 1.60. The van der Waals surface area contributed by atoms with E-state index in [1.165, 1.54) is 0 Å². The largest absolute Gasteiger partial charge is 0.300 e. The molecule has 104 valence electrons. The van der Waals surface area contributed by atoms with Gasteiger partial charge in [0.25, 0.3) is 14.2 Å². The second kappa shape index (κ2) is 5.60. The van der Waals surface area contributed by atoms with E-state index in [2.05, 4.69) is 10.2 Å². The van der Waals surface area contributed by atoms with Crippen molar-refractivity contribution in [1.29, 1.82) is 0 Å². The van der Waals surface area contributed by atoms with Crippen LogP contribution < -0.4 is 0 Å². The molecular weight excluding hydrogens is 306 g/mol. The number of hydrogen-bond donors (Lipinski definition) is 0. The summed E-state index contributed by atoms with van der Waals surface area (Å²) in [6.45, 7) is 4.52. The molecule has 2 aromatic heterocycles. The Bertz CT molecular complexity index is 648. The highest BCUT2D eigenvalue weighted by Crippen LogP contribution is 2.19. The average molecular weight is 320 g/mol. The standard InChI is InChI=1S/C11H14ClN3O2S2/c1-8(2)7-15-10(6-9-4-3-5-18-9)13-14-11(15)19(12,16)17/h3-5,8H,6-7H2,1-2H3. The summed E-state index contributed by atoms with van der Waals surface area (Å²) in [7, 11) is 1.52. The Morgan fingerprint density at radius 2 is 2.16 bits per heavy atom. The second-order valence-electron chi connectivity index (χ2n) is 4.60. The Kier molecular flexibility index (Phi) is 4.27. The van der Waals surface area contributed by atoms with Gasteiger partial charge in [-0.3, -0.25) is 0 Å². The van der Waals surface area contributed by atoms with E-state index in [0.717, 1.165) is 4.88 Å². The van der Waals surface area contributed by atoms with Gasteiger partial charge in [0.05, 0.1) is 0 Å². The fraction of sp³-hybridized carbons (Fsp3) is 0.455. The Morgan fingerprint density at radius 3 is 2.68 bits per heavy atom. The number of halogens is 1. The summed E-state index contributed by atoms with van der Waals surface area (Å²) in [5.74, 6) is 0.894. The van der Waals surface area contributed by atoms with E-state index in [-0.39, 0.29) is 11.1 Å². The predicted molar refractivity (Wildman–Crippen MR) is 75.0 cm³/mol. The molecule has 0 fully saturated rings. The summed E-state index contributed by atoms with van der Waals surface area (Å²) in [5, 5.41) is 9.48. The predicted octanol–water partition coefficient (Wildman–Crippen LogP) is 2.51. The minimum atomic E-state index is -3.87. The molecule has 5 nitrogen and oxygen atoms in total. The molecule has 0 aliphatic heterocycles. The quantitative estimate of drug-likeness (QED) is 0.794. The summed E-state index contributed by atoms with van der Waals surface area (Å²) in [5.41, 5.74) is 0. The van der Waals surface area contributed by atoms with Crippen LogP contribution in [0.2, 0.25) is 0 Å². The van der Waals surface area contributed by atoms with E-state index in [1.54, 1.807) is 15.9 Å². The van der Waals surface area contributed by atoms with E-state index in [1.807, 2.05) is 31.4 Å². The molecule has 2 aromatic rings. The van der Waals surface area contributed by atoms with Crippen molar-refractivity contribution < 1.29 is 8.42 Å². The van der Waals surface area contributed by atoms with Crippen molar-refractivity contribution in [2.75, 3.05) is 0 Å². The topological polar surface area (TPSA) is 64.8 Å². The van der Waals surface area contributed by atoms with Gasteiger partial charge in [0.2, 0.25) is 0 Å². The van der Waals surface area contributed by atoms with E-state index < -0.39 is 9.05 Å². The molecule has 0 N–H and O–H groups in total. The first kappa shape index (κ1) is 14.5. The van der Waals surface area contributed by atoms with Gasteiger partial charge in [-0.15, -0.1) is 21.5 Å². The van der Waals surface area contributed by atoms with Gasteiger partial charge in [0.15, 0.2) is 0 Å². The highest BCUT2D eigenvalue weighted by Gasteiger charge is 2.23. The molecule has 0 aromatic carbocycles. The highest BCUT2D eigenvalue weighted by molar-refractivity contribution is 8.13. The molecular formula is C11H14ClN3O2S2. The third kappa shape index (κ3) is 3.55. The molecule has 0 aliphatic rings. The summed E-state index contributed by atoms with van der Waals surface area (Å²) in [6.07, 6.45) is 0.559. The maximum atomic E-state index is 11.5. The molecule has 0 radical (unpaired) electrons. The van der Waals surface area contributed by atoms with Crippen LogP contribution in [0.3, 0.4) is 0 Å². The summed E-state index contributed by atoms with van der Waals surface area (Å²) < 4.78 is 24.6. The first-order valence-electron chi connectivity index (χ1n) is 5.77. The van der Waals surface area contributed by atoms with Gasteiger partial charge in [0.1, 0.15) is 5.82 Å². The van der Waals surface area contributed by atoms with Gasteiger partial charge < -0.3 is 4.57 Å². The van der Waals surface area contributed by atoms with Crippen LogP contribution in [-0.4, -0.2) is 23.2 Å². The minimum Gasteiger partial charge on any atom is -0.300 e. The maximum absolute atomic E-state index is 11.5. The molecule has 0 unspecified atom stereocenters. The number of hydrogen-bond acceptors (Lipinski definition) is 5. The van der Waals surface area contributed by atoms with Gasteiger partial charge in [-0.1, -0.05) is 19.9 Å². The van der Waals surface area contributed by atoms with Crippen LogP contribution in [0.4, 0.5) is 0 Å². The van der Waals surface area contributed by atoms with Crippen LogP contribution in [-0.2, 0) is 22.0 Å². The Morgan fingerprint density at radius 1 is 1.42 bits per heavy atom. The average Bonchev–Trinajstić information content (AvgIpc) is 2.88. The zero-order chi connectivity index (χ0) is 14.0. The van der Waals surface area contributed by atoms with Crippen LogP contribution in [0, 0.1) is 5.92 Å². The SMILES string of the molecule is CC(C)Cn1c(Cc2cccs2)nnc1S(=O)(=O)Cl. The number of rotatable bonds is 5. The van der Waals surface area contributed by atoms with Crippen molar-refractivity contribution in [1.82, 2.24) is 14.8 Å². The van der Waals surface area contributed by atoms with E-state index in [4.69, 9.17) is 10.7 Å². The van der Waals surface area contributed by atoms with E-state index in [9.17, 15) is 8.42 Å². The lowest BCUT2D eigenvalue weighted by atomic mass is 10.2. The molecule has 0 atom stereocenters. The molecule has 0 spiro atoms. The van der Waals surface area contributed by atoms with Crippen LogP contribution in [0.15, 0.2) is 22.7 Å². The summed E-state index contributed by atoms with van der Waals surface area (Å²) in [6, 6.07) is 3.93. The zero-order valence-electron chi connectivity index (χ0n) is 10.6. The minimum absolute atomic E-state index is 0.172. The van der Waals surface area contributed by atoms with E-state index >= 15 is 0 Å². The fourth-order valence-electron chi connectivity index (χ4n) is 1.75. The maximum Gasteiger partial charge on any atom is 0.296 e. The third-order valence-electron chi connectivity index (χ3n) is 2.47. The summed E-state index contributed by atoms with van der Waals surface area (Å²) in [4.78, 5) is 1.11. The van der Waals surface area contributed by atoms with Crippen molar-refractivity contribution in [3.05, 3.63) is 28.2 Å².